The Morgan fingerprint density at radius 3 is 2.50 bits per heavy atom. The van der Waals surface area contributed by atoms with Crippen molar-refractivity contribution in [3.63, 3.8) is 0 Å². The van der Waals surface area contributed by atoms with Gasteiger partial charge in [0.15, 0.2) is 0 Å². The van der Waals surface area contributed by atoms with Crippen LogP contribution in [0.15, 0.2) is 24.3 Å². The van der Waals surface area contributed by atoms with Gasteiger partial charge in [-0.2, -0.15) is 0 Å². The van der Waals surface area contributed by atoms with E-state index in [1.807, 2.05) is 0 Å². The molecule has 0 bridgehead atoms. The third-order valence-corrected chi connectivity index (χ3v) is 3.42. The summed E-state index contributed by atoms with van der Waals surface area (Å²) in [6.45, 7) is 0.298. The van der Waals surface area contributed by atoms with Crippen molar-refractivity contribution >= 4 is 33.2 Å². The van der Waals surface area contributed by atoms with Crippen molar-refractivity contribution in [3.05, 3.63) is 24.3 Å². The maximum absolute atomic E-state index is 12.0. The van der Waals surface area contributed by atoms with Gasteiger partial charge in [0.05, 0.1) is 23.5 Å². The normalized spacial score (nSPS) is 18.4. The van der Waals surface area contributed by atoms with Gasteiger partial charge < -0.3 is 10.6 Å². The molecule has 1 heterocycles. The lowest BCUT2D eigenvalue weighted by atomic mass is 10.1. The quantitative estimate of drug-likeness (QED) is 0.735. The first-order valence-corrected chi connectivity index (χ1v) is 7.88. The minimum absolute atomic E-state index is 0.146. The van der Waals surface area contributed by atoms with Crippen LogP contribution in [-0.4, -0.2) is 33.0 Å². The van der Waals surface area contributed by atoms with Gasteiger partial charge in [0.1, 0.15) is 0 Å². The summed E-state index contributed by atoms with van der Waals surface area (Å²) in [6.07, 6.45) is 1.18. The topological polar surface area (TPSA) is 104 Å². The Hall–Kier alpha value is -2.09. The lowest BCUT2D eigenvalue weighted by molar-refractivity contribution is -0.123. The fourth-order valence-corrected chi connectivity index (χ4v) is 2.48. The summed E-state index contributed by atoms with van der Waals surface area (Å²) in [6, 6.07) is 6.48. The largest absolute Gasteiger partial charge is 0.355 e. The third kappa shape index (κ3) is 3.70. The van der Waals surface area contributed by atoms with E-state index in [9.17, 15) is 18.0 Å². The van der Waals surface area contributed by atoms with Gasteiger partial charge in [-0.3, -0.25) is 14.3 Å². The number of hydrogen-bond acceptors (Lipinski definition) is 4. The van der Waals surface area contributed by atoms with Crippen LogP contribution in [0.5, 0.6) is 0 Å². The molecular weight excluding hydrogens is 282 g/mol. The molecule has 2 amide bonds. The molecule has 1 aromatic carbocycles. The van der Waals surface area contributed by atoms with Crippen LogP contribution in [0.4, 0.5) is 11.4 Å². The van der Waals surface area contributed by atoms with Crippen LogP contribution in [0.1, 0.15) is 6.42 Å². The number of hydrogen-bond donors (Lipinski definition) is 3. The van der Waals surface area contributed by atoms with Gasteiger partial charge >= 0.3 is 0 Å². The SMILES string of the molecule is CS(=O)(=O)Nc1ccccc1NC(=O)C1CNC(=O)C1. The lowest BCUT2D eigenvalue weighted by Crippen LogP contribution is -2.25. The fourth-order valence-electron chi connectivity index (χ4n) is 1.91. The zero-order valence-electron chi connectivity index (χ0n) is 10.8. The Kier molecular flexibility index (Phi) is 3.93. The summed E-state index contributed by atoms with van der Waals surface area (Å²) in [5, 5.41) is 5.22. The summed E-state index contributed by atoms with van der Waals surface area (Å²) in [5.41, 5.74) is 0.655. The van der Waals surface area contributed by atoms with E-state index in [0.29, 0.717) is 17.9 Å². The van der Waals surface area contributed by atoms with Gasteiger partial charge in [-0.05, 0) is 12.1 Å². The van der Waals surface area contributed by atoms with E-state index in [-0.39, 0.29) is 18.2 Å². The van der Waals surface area contributed by atoms with Crippen molar-refractivity contribution in [1.82, 2.24) is 5.32 Å². The highest BCUT2D eigenvalue weighted by Gasteiger charge is 2.28. The van der Waals surface area contributed by atoms with Gasteiger partial charge in [-0.25, -0.2) is 8.42 Å². The van der Waals surface area contributed by atoms with Gasteiger partial charge in [0, 0.05) is 13.0 Å². The van der Waals surface area contributed by atoms with Crippen molar-refractivity contribution in [2.75, 3.05) is 22.8 Å². The van der Waals surface area contributed by atoms with Crippen LogP contribution in [0.3, 0.4) is 0 Å². The molecule has 7 nitrogen and oxygen atoms in total. The number of carbonyl (C=O) groups excluding carboxylic acids is 2. The Labute approximate surface area is 116 Å². The first-order valence-electron chi connectivity index (χ1n) is 5.99. The second-order valence-corrected chi connectivity index (χ2v) is 6.36. The monoisotopic (exact) mass is 297 g/mol. The molecule has 0 aliphatic carbocycles. The predicted molar refractivity (Wildman–Crippen MR) is 74.7 cm³/mol. The average Bonchev–Trinajstić information content (AvgIpc) is 2.77. The molecule has 0 aromatic heterocycles. The van der Waals surface area contributed by atoms with Crippen LogP contribution < -0.4 is 15.4 Å². The van der Waals surface area contributed by atoms with Gasteiger partial charge in [-0.15, -0.1) is 0 Å². The molecule has 1 saturated heterocycles. The first-order chi connectivity index (χ1) is 9.35. The molecule has 0 radical (unpaired) electrons. The van der Waals surface area contributed by atoms with Crippen molar-refractivity contribution in [2.45, 2.75) is 6.42 Å². The van der Waals surface area contributed by atoms with Crippen LogP contribution >= 0.6 is 0 Å². The Morgan fingerprint density at radius 1 is 1.30 bits per heavy atom. The number of rotatable bonds is 4. The standard InChI is InChI=1S/C12H15N3O4S/c1-20(18,19)15-10-5-3-2-4-9(10)14-12(17)8-6-11(16)13-7-8/h2-5,8,15H,6-7H2,1H3,(H,13,16)(H,14,17). The molecule has 0 saturated carbocycles. The summed E-state index contributed by atoms with van der Waals surface area (Å²) < 4.78 is 24.8. The van der Waals surface area contributed by atoms with Crippen molar-refractivity contribution in [2.24, 2.45) is 5.92 Å². The molecule has 3 N–H and O–H groups in total. The molecule has 1 aromatic rings. The van der Waals surface area contributed by atoms with Crippen LogP contribution in [0.2, 0.25) is 0 Å². The van der Waals surface area contributed by atoms with Crippen LogP contribution in [0.25, 0.3) is 0 Å². The van der Waals surface area contributed by atoms with E-state index in [2.05, 4.69) is 15.4 Å². The molecule has 20 heavy (non-hydrogen) atoms. The minimum atomic E-state index is -3.43. The zero-order valence-corrected chi connectivity index (χ0v) is 11.7. The maximum Gasteiger partial charge on any atom is 0.229 e. The van der Waals surface area contributed by atoms with Crippen molar-refractivity contribution in [1.29, 1.82) is 0 Å². The number of benzene rings is 1. The number of para-hydroxylation sites is 2. The van der Waals surface area contributed by atoms with E-state index in [1.165, 1.54) is 0 Å². The Bertz CT molecular complexity index is 642. The second kappa shape index (κ2) is 5.49. The first kappa shape index (κ1) is 14.3. The number of carbonyl (C=O) groups is 2. The molecule has 1 fully saturated rings. The van der Waals surface area contributed by atoms with Crippen molar-refractivity contribution < 1.29 is 18.0 Å². The number of sulfonamides is 1. The lowest BCUT2D eigenvalue weighted by Gasteiger charge is -2.13. The van der Waals surface area contributed by atoms with E-state index in [4.69, 9.17) is 0 Å². The summed E-state index contributed by atoms with van der Waals surface area (Å²) in [7, 11) is -3.43. The highest BCUT2D eigenvalue weighted by molar-refractivity contribution is 7.92. The highest BCUT2D eigenvalue weighted by Crippen LogP contribution is 2.23. The molecule has 108 valence electrons. The Balaban J connectivity index is 2.13. The molecule has 0 spiro atoms. The van der Waals surface area contributed by atoms with Crippen molar-refractivity contribution in [3.8, 4) is 0 Å². The average molecular weight is 297 g/mol. The molecule has 1 atom stereocenters. The van der Waals surface area contributed by atoms with E-state index >= 15 is 0 Å². The van der Waals surface area contributed by atoms with Crippen LogP contribution in [-0.2, 0) is 19.6 Å². The Morgan fingerprint density at radius 2 is 1.95 bits per heavy atom. The van der Waals surface area contributed by atoms with Crippen LogP contribution in [0, 0.1) is 5.92 Å². The second-order valence-electron chi connectivity index (χ2n) is 4.61. The van der Waals surface area contributed by atoms with E-state index in [1.54, 1.807) is 24.3 Å². The van der Waals surface area contributed by atoms with E-state index in [0.717, 1.165) is 6.26 Å². The molecule has 1 aliphatic rings. The number of amides is 2. The number of anilines is 2. The highest BCUT2D eigenvalue weighted by atomic mass is 32.2. The summed E-state index contributed by atoms with van der Waals surface area (Å²) in [5.74, 6) is -0.910. The fraction of sp³-hybridized carbons (Fsp3) is 0.333. The summed E-state index contributed by atoms with van der Waals surface area (Å²) >= 11 is 0. The molecule has 2 rings (SSSR count). The van der Waals surface area contributed by atoms with Gasteiger partial charge in [-0.1, -0.05) is 12.1 Å². The maximum atomic E-state index is 12.0. The summed E-state index contributed by atoms with van der Waals surface area (Å²) in [4.78, 5) is 23.1. The molecule has 1 unspecified atom stereocenters. The van der Waals surface area contributed by atoms with E-state index < -0.39 is 15.9 Å². The van der Waals surface area contributed by atoms with Gasteiger partial charge in [0.2, 0.25) is 21.8 Å². The zero-order chi connectivity index (χ0) is 14.8. The number of nitrogens with one attached hydrogen (secondary N) is 3. The molecule has 8 heteroatoms. The smallest absolute Gasteiger partial charge is 0.229 e. The predicted octanol–water partition coefficient (Wildman–Crippen LogP) is 0.133. The third-order valence-electron chi connectivity index (χ3n) is 2.83. The molecular formula is C12H15N3O4S. The van der Waals surface area contributed by atoms with Gasteiger partial charge in [0.25, 0.3) is 0 Å². The molecule has 1 aliphatic heterocycles. The minimum Gasteiger partial charge on any atom is -0.355 e.